The summed E-state index contributed by atoms with van der Waals surface area (Å²) < 4.78 is 7.20. The molecular formula is C18H15BrOS. The van der Waals surface area contributed by atoms with Crippen molar-refractivity contribution in [3.63, 3.8) is 0 Å². The maximum atomic E-state index is 6.08. The van der Waals surface area contributed by atoms with Crippen LogP contribution < -0.4 is 0 Å². The monoisotopic (exact) mass is 358 g/mol. The first kappa shape index (κ1) is 13.4. The average Bonchev–Trinajstić information content (AvgIpc) is 3.13. The van der Waals surface area contributed by atoms with Gasteiger partial charge < -0.3 is 4.42 Å². The lowest BCUT2D eigenvalue weighted by Crippen LogP contribution is -2.10. The van der Waals surface area contributed by atoms with E-state index in [0.29, 0.717) is 5.92 Å². The molecule has 2 aromatic heterocycles. The van der Waals surface area contributed by atoms with Crippen LogP contribution in [0.4, 0.5) is 0 Å². The van der Waals surface area contributed by atoms with Crippen LogP contribution in [0.2, 0.25) is 0 Å². The predicted octanol–water partition coefficient (Wildman–Crippen LogP) is 6.04. The highest BCUT2D eigenvalue weighted by molar-refractivity contribution is 9.10. The lowest BCUT2D eigenvalue weighted by molar-refractivity contribution is 0.465. The molecule has 0 bridgehead atoms. The van der Waals surface area contributed by atoms with E-state index in [4.69, 9.17) is 4.42 Å². The topological polar surface area (TPSA) is 13.1 Å². The molecule has 0 fully saturated rings. The van der Waals surface area contributed by atoms with E-state index < -0.39 is 0 Å². The van der Waals surface area contributed by atoms with Gasteiger partial charge in [0.2, 0.25) is 0 Å². The maximum Gasteiger partial charge on any atom is 0.144 e. The van der Waals surface area contributed by atoms with Gasteiger partial charge in [0.1, 0.15) is 11.5 Å². The van der Waals surface area contributed by atoms with Crippen molar-refractivity contribution in [2.45, 2.75) is 25.2 Å². The Morgan fingerprint density at radius 3 is 2.76 bits per heavy atom. The molecule has 4 rings (SSSR count). The summed E-state index contributed by atoms with van der Waals surface area (Å²) in [5.41, 5.74) is 2.83. The summed E-state index contributed by atoms with van der Waals surface area (Å²) in [7, 11) is 0. The van der Waals surface area contributed by atoms with E-state index in [-0.39, 0.29) is 0 Å². The van der Waals surface area contributed by atoms with Gasteiger partial charge in [-0.25, -0.2) is 0 Å². The van der Waals surface area contributed by atoms with Gasteiger partial charge in [-0.2, -0.15) is 0 Å². The number of hydrogen-bond donors (Lipinski definition) is 0. The van der Waals surface area contributed by atoms with Crippen LogP contribution in [0.25, 0.3) is 10.6 Å². The third-order valence-electron chi connectivity index (χ3n) is 4.16. The Morgan fingerprint density at radius 2 is 2.00 bits per heavy atom. The largest absolute Gasteiger partial charge is 0.460 e. The van der Waals surface area contributed by atoms with Crippen LogP contribution in [-0.4, -0.2) is 0 Å². The second-order valence-electron chi connectivity index (χ2n) is 5.54. The van der Waals surface area contributed by atoms with Gasteiger partial charge in [0.15, 0.2) is 0 Å². The van der Waals surface area contributed by atoms with Crippen molar-refractivity contribution in [2.24, 2.45) is 0 Å². The van der Waals surface area contributed by atoms with Crippen LogP contribution in [0.5, 0.6) is 0 Å². The first-order valence-electron chi connectivity index (χ1n) is 7.20. The summed E-state index contributed by atoms with van der Waals surface area (Å²) >= 11 is 5.23. The Hall–Kier alpha value is -1.32. The van der Waals surface area contributed by atoms with Crippen LogP contribution >= 0.6 is 27.3 Å². The van der Waals surface area contributed by atoms with Crippen LogP contribution in [0.15, 0.2) is 56.7 Å². The molecule has 1 aliphatic rings. The van der Waals surface area contributed by atoms with Gasteiger partial charge in [0.25, 0.3) is 0 Å². The number of fused-ring (bicyclic) bond motifs is 1. The smallest absolute Gasteiger partial charge is 0.144 e. The maximum absolute atomic E-state index is 6.08. The second kappa shape index (κ2) is 5.47. The molecule has 0 N–H and O–H groups in total. The highest BCUT2D eigenvalue weighted by Gasteiger charge is 2.24. The highest BCUT2D eigenvalue weighted by atomic mass is 79.9. The first-order valence-corrected chi connectivity index (χ1v) is 8.88. The van der Waals surface area contributed by atoms with Gasteiger partial charge in [-0.05, 0) is 57.9 Å². The zero-order valence-electron chi connectivity index (χ0n) is 11.5. The second-order valence-corrected chi connectivity index (χ2v) is 7.37. The summed E-state index contributed by atoms with van der Waals surface area (Å²) in [6.45, 7) is 0. The molecule has 0 saturated heterocycles. The Labute approximate surface area is 136 Å². The van der Waals surface area contributed by atoms with Gasteiger partial charge in [0.05, 0.1) is 4.88 Å². The van der Waals surface area contributed by atoms with E-state index in [9.17, 15) is 0 Å². The van der Waals surface area contributed by atoms with Gasteiger partial charge in [-0.1, -0.05) is 30.3 Å². The molecule has 0 radical (unpaired) electrons. The zero-order valence-corrected chi connectivity index (χ0v) is 13.9. The number of thiophene rings is 1. The normalized spacial score (nSPS) is 17.7. The highest BCUT2D eigenvalue weighted by Crippen LogP contribution is 2.38. The number of rotatable bonds is 2. The van der Waals surface area contributed by atoms with E-state index in [1.54, 1.807) is 11.3 Å². The molecule has 21 heavy (non-hydrogen) atoms. The van der Waals surface area contributed by atoms with Crippen molar-refractivity contribution in [3.8, 4) is 10.6 Å². The molecule has 3 aromatic rings. The van der Waals surface area contributed by atoms with Crippen LogP contribution in [0.1, 0.15) is 29.2 Å². The minimum Gasteiger partial charge on any atom is -0.460 e. The quantitative estimate of drug-likeness (QED) is 0.543. The van der Waals surface area contributed by atoms with Crippen molar-refractivity contribution in [3.05, 3.63) is 69.2 Å². The molecule has 1 aliphatic carbocycles. The van der Waals surface area contributed by atoms with Crippen molar-refractivity contribution in [1.82, 2.24) is 0 Å². The van der Waals surface area contributed by atoms with Gasteiger partial charge in [-0.15, -0.1) is 11.3 Å². The number of furan rings is 1. The van der Waals surface area contributed by atoms with Gasteiger partial charge in [0, 0.05) is 16.3 Å². The molecule has 3 heteroatoms. The lowest BCUT2D eigenvalue weighted by Gasteiger charge is -2.21. The number of halogens is 1. The van der Waals surface area contributed by atoms with E-state index >= 15 is 0 Å². The molecule has 0 amide bonds. The molecular weight excluding hydrogens is 344 g/mol. The summed E-state index contributed by atoms with van der Waals surface area (Å²) in [5, 5.41) is 2.10. The fourth-order valence-corrected chi connectivity index (χ4v) is 4.48. The Morgan fingerprint density at radius 1 is 1.14 bits per heavy atom. The van der Waals surface area contributed by atoms with Crippen molar-refractivity contribution >= 4 is 27.3 Å². The predicted molar refractivity (Wildman–Crippen MR) is 90.9 cm³/mol. The van der Waals surface area contributed by atoms with Gasteiger partial charge in [-0.3, -0.25) is 0 Å². The zero-order chi connectivity index (χ0) is 14.2. The van der Waals surface area contributed by atoms with Crippen molar-refractivity contribution in [1.29, 1.82) is 0 Å². The molecule has 0 spiro atoms. The molecule has 1 atom stereocenters. The van der Waals surface area contributed by atoms with E-state index in [2.05, 4.69) is 63.8 Å². The Bertz CT molecular complexity index is 757. The average molecular weight is 359 g/mol. The lowest BCUT2D eigenvalue weighted by atomic mass is 9.83. The molecule has 2 heterocycles. The molecule has 106 valence electrons. The molecule has 1 aromatic carbocycles. The standard InChI is InChI=1S/C18H15BrOS/c19-15-10-18(21-11-15)17-9-14-8-13(6-7-16(14)20-17)12-4-2-1-3-5-12/h1-5,9-11,13H,6-8H2. The van der Waals surface area contributed by atoms with Crippen LogP contribution in [-0.2, 0) is 12.8 Å². The minimum absolute atomic E-state index is 0.624. The third-order valence-corrected chi connectivity index (χ3v) is 5.87. The summed E-state index contributed by atoms with van der Waals surface area (Å²) in [6, 6.07) is 15.2. The van der Waals surface area contributed by atoms with Crippen LogP contribution in [0.3, 0.4) is 0 Å². The van der Waals surface area contributed by atoms with Gasteiger partial charge >= 0.3 is 0 Å². The number of benzene rings is 1. The number of hydrogen-bond acceptors (Lipinski definition) is 2. The molecule has 1 unspecified atom stereocenters. The Balaban J connectivity index is 1.63. The van der Waals surface area contributed by atoms with E-state index in [1.807, 2.05) is 0 Å². The number of aryl methyl sites for hydroxylation is 1. The summed E-state index contributed by atoms with van der Waals surface area (Å²) in [4.78, 5) is 1.20. The molecule has 1 nitrogen and oxygen atoms in total. The first-order chi connectivity index (χ1) is 10.3. The minimum atomic E-state index is 0.624. The fourth-order valence-electron chi connectivity index (χ4n) is 3.10. The van der Waals surface area contributed by atoms with Crippen molar-refractivity contribution in [2.75, 3.05) is 0 Å². The fraction of sp³-hybridized carbons (Fsp3) is 0.222. The Kier molecular flexibility index (Phi) is 3.48. The molecule has 0 saturated carbocycles. The van der Waals surface area contributed by atoms with E-state index in [0.717, 1.165) is 23.1 Å². The SMILES string of the molecule is Brc1csc(-c2cc3c(o2)CCC(c2ccccc2)C3)c1. The summed E-state index contributed by atoms with van der Waals surface area (Å²) in [6.07, 6.45) is 3.31. The van der Waals surface area contributed by atoms with Crippen LogP contribution in [0, 0.1) is 0 Å². The molecule has 0 aliphatic heterocycles. The third kappa shape index (κ3) is 2.60. The van der Waals surface area contributed by atoms with E-state index in [1.165, 1.54) is 28.2 Å². The summed E-state index contributed by atoms with van der Waals surface area (Å²) in [5.74, 6) is 2.82. The van der Waals surface area contributed by atoms with Crippen molar-refractivity contribution < 1.29 is 4.42 Å².